The summed E-state index contributed by atoms with van der Waals surface area (Å²) in [5.74, 6) is -0.0288. The molecule has 5 nitrogen and oxygen atoms in total. The van der Waals surface area contributed by atoms with Crippen LogP contribution in [-0.2, 0) is 0 Å². The lowest BCUT2D eigenvalue weighted by atomic mass is 10.1. The molecule has 0 saturated heterocycles. The Balaban J connectivity index is 1.86. The molecule has 5 heteroatoms. The fraction of sp³-hybridized carbons (Fsp3) is 0.188. The number of hydrogen-bond acceptors (Lipinski definition) is 3. The molecule has 1 heterocycles. The first-order chi connectivity index (χ1) is 10.2. The average molecular weight is 282 g/mol. The van der Waals surface area contributed by atoms with Gasteiger partial charge in [-0.1, -0.05) is 50.3 Å². The van der Waals surface area contributed by atoms with Crippen molar-refractivity contribution in [3.63, 3.8) is 0 Å². The molecule has 0 saturated carbocycles. The van der Waals surface area contributed by atoms with Gasteiger partial charge in [-0.15, -0.1) is 0 Å². The van der Waals surface area contributed by atoms with Gasteiger partial charge in [-0.05, 0) is 23.6 Å². The third kappa shape index (κ3) is 4.42. The summed E-state index contributed by atoms with van der Waals surface area (Å²) in [6.07, 6.45) is 5.20. The lowest BCUT2D eigenvalue weighted by Gasteiger charge is -1.96. The number of hydrogen-bond donors (Lipinski definition) is 2. The van der Waals surface area contributed by atoms with Crippen molar-refractivity contribution in [3.8, 4) is 0 Å². The molecule has 108 valence electrons. The van der Waals surface area contributed by atoms with Crippen molar-refractivity contribution < 1.29 is 4.79 Å². The van der Waals surface area contributed by atoms with E-state index < -0.39 is 0 Å². The van der Waals surface area contributed by atoms with Crippen LogP contribution >= 0.6 is 0 Å². The third-order valence-electron chi connectivity index (χ3n) is 2.87. The Labute approximate surface area is 123 Å². The van der Waals surface area contributed by atoms with Crippen LogP contribution in [0, 0.1) is 0 Å². The summed E-state index contributed by atoms with van der Waals surface area (Å²) < 4.78 is 0. The number of nitrogens with zero attached hydrogens (tertiary/aromatic N) is 2. The van der Waals surface area contributed by atoms with Crippen molar-refractivity contribution in [1.82, 2.24) is 15.6 Å². The average Bonchev–Trinajstić information content (AvgIpc) is 2.98. The number of carbonyl (C=O) groups is 1. The number of allylic oxidation sites excluding steroid dienone is 1. The van der Waals surface area contributed by atoms with Gasteiger partial charge in [0.2, 0.25) is 0 Å². The van der Waals surface area contributed by atoms with Crippen molar-refractivity contribution in [1.29, 1.82) is 0 Å². The highest BCUT2D eigenvalue weighted by atomic mass is 16.2. The summed E-state index contributed by atoms with van der Waals surface area (Å²) in [5, 5.41) is 10.6. The summed E-state index contributed by atoms with van der Waals surface area (Å²) in [7, 11) is 0. The smallest absolute Gasteiger partial charge is 0.282 e. The van der Waals surface area contributed by atoms with Gasteiger partial charge in [0.05, 0.1) is 0 Å². The molecule has 0 fully saturated rings. The maximum atomic E-state index is 11.8. The molecule has 0 atom stereocenters. The highest BCUT2D eigenvalue weighted by Gasteiger charge is 2.10. The van der Waals surface area contributed by atoms with Crippen molar-refractivity contribution in [2.45, 2.75) is 19.8 Å². The molecule has 1 amide bonds. The minimum Gasteiger partial charge on any atom is -0.282 e. The van der Waals surface area contributed by atoms with Gasteiger partial charge in [-0.2, -0.15) is 10.2 Å². The minimum absolute atomic E-state index is 0.302. The zero-order chi connectivity index (χ0) is 15.1. The number of benzene rings is 1. The van der Waals surface area contributed by atoms with E-state index in [0.717, 1.165) is 11.3 Å². The Kier molecular flexibility index (Phi) is 5.04. The fourth-order valence-electron chi connectivity index (χ4n) is 1.66. The SMILES string of the molecule is CC(C)c1cc(C(=O)N/N=C\C=C\c2ccccc2)n[nH]1. The molecule has 2 aromatic rings. The number of amides is 1. The van der Waals surface area contributed by atoms with Crippen molar-refractivity contribution in [2.24, 2.45) is 5.10 Å². The molecule has 0 spiro atoms. The van der Waals surface area contributed by atoms with Crippen molar-refractivity contribution in [3.05, 3.63) is 59.4 Å². The lowest BCUT2D eigenvalue weighted by molar-refractivity contribution is 0.0950. The highest BCUT2D eigenvalue weighted by Crippen LogP contribution is 2.11. The van der Waals surface area contributed by atoms with Crippen LogP contribution in [0.25, 0.3) is 6.08 Å². The lowest BCUT2D eigenvalue weighted by Crippen LogP contribution is -2.17. The van der Waals surface area contributed by atoms with Crippen LogP contribution in [0.2, 0.25) is 0 Å². The van der Waals surface area contributed by atoms with Crippen LogP contribution in [-0.4, -0.2) is 22.3 Å². The molecule has 1 aromatic heterocycles. The summed E-state index contributed by atoms with van der Waals surface area (Å²) in [6.45, 7) is 4.06. The second kappa shape index (κ2) is 7.19. The minimum atomic E-state index is -0.331. The number of H-pyrrole nitrogens is 1. The molecule has 0 aliphatic carbocycles. The Morgan fingerprint density at radius 2 is 2.10 bits per heavy atom. The maximum Gasteiger partial charge on any atom is 0.291 e. The second-order valence-electron chi connectivity index (χ2n) is 4.85. The Morgan fingerprint density at radius 1 is 1.33 bits per heavy atom. The standard InChI is InChI=1S/C16H18N4O/c1-12(2)14-11-15(19-18-14)16(21)20-17-10-6-9-13-7-4-3-5-8-13/h3-12H,1-2H3,(H,18,19)(H,20,21)/b9-6+,17-10-. The van der Waals surface area contributed by atoms with Crippen LogP contribution in [0.1, 0.15) is 41.5 Å². The number of aromatic nitrogens is 2. The number of aromatic amines is 1. The van der Waals surface area contributed by atoms with Crippen LogP contribution in [0.3, 0.4) is 0 Å². The van der Waals surface area contributed by atoms with E-state index in [-0.39, 0.29) is 5.91 Å². The normalized spacial score (nSPS) is 11.6. The summed E-state index contributed by atoms with van der Waals surface area (Å²) in [6, 6.07) is 11.6. The van der Waals surface area contributed by atoms with E-state index in [1.54, 1.807) is 12.1 Å². The van der Waals surface area contributed by atoms with Gasteiger partial charge in [0.15, 0.2) is 5.69 Å². The van der Waals surface area contributed by atoms with Gasteiger partial charge in [0.1, 0.15) is 0 Å². The van der Waals surface area contributed by atoms with Crippen molar-refractivity contribution in [2.75, 3.05) is 0 Å². The Hall–Kier alpha value is -2.69. The van der Waals surface area contributed by atoms with Crippen molar-refractivity contribution >= 4 is 18.2 Å². The fourth-order valence-corrected chi connectivity index (χ4v) is 1.66. The molecule has 0 radical (unpaired) electrons. The van der Waals surface area contributed by atoms with Crippen LogP contribution < -0.4 is 5.43 Å². The first kappa shape index (κ1) is 14.7. The van der Waals surface area contributed by atoms with E-state index in [0.29, 0.717) is 11.6 Å². The van der Waals surface area contributed by atoms with Crippen LogP contribution in [0.4, 0.5) is 0 Å². The molecule has 1 aromatic carbocycles. The summed E-state index contributed by atoms with van der Waals surface area (Å²) in [5.41, 5.74) is 4.77. The van der Waals surface area contributed by atoms with Gasteiger partial charge < -0.3 is 0 Å². The molecular formula is C16H18N4O. The molecule has 0 bridgehead atoms. The van der Waals surface area contributed by atoms with Gasteiger partial charge >= 0.3 is 0 Å². The molecule has 0 aliphatic rings. The van der Waals surface area contributed by atoms with Crippen LogP contribution in [0.15, 0.2) is 47.6 Å². The number of carbonyl (C=O) groups excluding carboxylic acids is 1. The predicted octanol–water partition coefficient (Wildman–Crippen LogP) is 2.96. The molecule has 2 N–H and O–H groups in total. The molecule has 2 rings (SSSR count). The zero-order valence-electron chi connectivity index (χ0n) is 12.1. The molecular weight excluding hydrogens is 264 g/mol. The van der Waals surface area contributed by atoms with E-state index in [1.807, 2.05) is 50.3 Å². The second-order valence-corrected chi connectivity index (χ2v) is 4.85. The van der Waals surface area contributed by atoms with E-state index >= 15 is 0 Å². The maximum absolute atomic E-state index is 11.8. The summed E-state index contributed by atoms with van der Waals surface area (Å²) >= 11 is 0. The van der Waals surface area contributed by atoms with Gasteiger partial charge in [0.25, 0.3) is 5.91 Å². The topological polar surface area (TPSA) is 70.1 Å². The largest absolute Gasteiger partial charge is 0.291 e. The van der Waals surface area contributed by atoms with E-state index in [4.69, 9.17) is 0 Å². The number of rotatable bonds is 5. The number of nitrogens with one attached hydrogen (secondary N) is 2. The monoisotopic (exact) mass is 282 g/mol. The third-order valence-corrected chi connectivity index (χ3v) is 2.87. The molecule has 21 heavy (non-hydrogen) atoms. The van der Waals surface area contributed by atoms with E-state index in [9.17, 15) is 4.79 Å². The van der Waals surface area contributed by atoms with Gasteiger partial charge in [0, 0.05) is 11.9 Å². The first-order valence-corrected chi connectivity index (χ1v) is 6.77. The highest BCUT2D eigenvalue weighted by molar-refractivity contribution is 5.93. The quantitative estimate of drug-likeness (QED) is 0.654. The Morgan fingerprint density at radius 3 is 2.76 bits per heavy atom. The molecule has 0 aliphatic heterocycles. The number of hydrazone groups is 1. The predicted molar refractivity (Wildman–Crippen MR) is 84.1 cm³/mol. The van der Waals surface area contributed by atoms with E-state index in [1.165, 1.54) is 6.21 Å². The van der Waals surface area contributed by atoms with Gasteiger partial charge in [-0.25, -0.2) is 5.43 Å². The Bertz CT molecular complexity index is 641. The van der Waals surface area contributed by atoms with Gasteiger partial charge in [-0.3, -0.25) is 9.89 Å². The van der Waals surface area contributed by atoms with Crippen LogP contribution in [0.5, 0.6) is 0 Å². The molecule has 0 unspecified atom stereocenters. The zero-order valence-corrected chi connectivity index (χ0v) is 12.1. The first-order valence-electron chi connectivity index (χ1n) is 6.77. The summed E-state index contributed by atoms with van der Waals surface area (Å²) in [4.78, 5) is 11.8. The van der Waals surface area contributed by atoms with E-state index in [2.05, 4.69) is 20.7 Å².